The number of nitrogens with zero attached hydrogens (tertiary/aromatic N) is 2. The highest BCUT2D eigenvalue weighted by atomic mass is 16.3. The molecule has 4 aromatic carbocycles. The summed E-state index contributed by atoms with van der Waals surface area (Å²) in [6.45, 7) is 2.13. The molecule has 6 aromatic rings. The number of fused-ring (bicyclic) bond motifs is 1. The first-order valence-corrected chi connectivity index (χ1v) is 12.0. The molecule has 0 aliphatic carbocycles. The van der Waals surface area contributed by atoms with E-state index in [1.165, 1.54) is 0 Å². The molecule has 4 heteroatoms. The molecular formula is C32H24N2O2. The maximum Gasteiger partial charge on any atom is 0.231 e. The highest BCUT2D eigenvalue weighted by molar-refractivity contribution is 5.93. The van der Waals surface area contributed by atoms with Gasteiger partial charge in [-0.25, -0.2) is 4.98 Å². The third-order valence-corrected chi connectivity index (χ3v) is 6.61. The average molecular weight is 469 g/mol. The summed E-state index contributed by atoms with van der Waals surface area (Å²) in [5.41, 5.74) is 8.12. The van der Waals surface area contributed by atoms with E-state index in [-0.39, 0.29) is 11.7 Å². The van der Waals surface area contributed by atoms with Crippen molar-refractivity contribution in [3.63, 3.8) is 0 Å². The molecule has 0 saturated carbocycles. The molecule has 0 spiro atoms. The summed E-state index contributed by atoms with van der Waals surface area (Å²) in [4.78, 5) is 9.41. The zero-order valence-electron chi connectivity index (χ0n) is 19.8. The normalized spacial score (nSPS) is 12.0. The number of aromatic nitrogens is 2. The van der Waals surface area contributed by atoms with Gasteiger partial charge in [0, 0.05) is 23.2 Å². The third-order valence-electron chi connectivity index (χ3n) is 6.61. The van der Waals surface area contributed by atoms with Crippen LogP contribution in [-0.4, -0.2) is 15.1 Å². The molecule has 0 aliphatic rings. The van der Waals surface area contributed by atoms with Gasteiger partial charge in [0.05, 0.1) is 11.3 Å². The fourth-order valence-electron chi connectivity index (χ4n) is 4.74. The van der Waals surface area contributed by atoms with Crippen LogP contribution in [0.4, 0.5) is 0 Å². The van der Waals surface area contributed by atoms with Crippen molar-refractivity contribution in [2.24, 2.45) is 0 Å². The number of hydrogen-bond acceptors (Lipinski definition) is 4. The maximum atomic E-state index is 10.9. The lowest BCUT2D eigenvalue weighted by Crippen LogP contribution is -1.99. The number of oxazole rings is 1. The lowest BCUT2D eigenvalue weighted by atomic mass is 9.89. The first-order chi connectivity index (χ1) is 17.7. The van der Waals surface area contributed by atoms with Crippen molar-refractivity contribution in [1.82, 2.24) is 9.97 Å². The Morgan fingerprint density at radius 1 is 0.750 bits per heavy atom. The van der Waals surface area contributed by atoms with E-state index in [9.17, 15) is 5.11 Å². The van der Waals surface area contributed by atoms with Crippen LogP contribution in [0.15, 0.2) is 120 Å². The third kappa shape index (κ3) is 3.93. The Labute approximate surface area is 209 Å². The van der Waals surface area contributed by atoms with E-state index >= 15 is 0 Å². The van der Waals surface area contributed by atoms with Gasteiger partial charge in [0.15, 0.2) is 5.58 Å². The SMILES string of the molecule is CC(c1ccccc1)c1cccc(O)c1-c1nc2c(-c3cccc(-c4ccccn4)c3)cccc2o1. The predicted octanol–water partition coefficient (Wildman–Crippen LogP) is 8.08. The summed E-state index contributed by atoms with van der Waals surface area (Å²) in [6.07, 6.45) is 1.80. The van der Waals surface area contributed by atoms with Crippen LogP contribution in [0.25, 0.3) is 44.9 Å². The van der Waals surface area contributed by atoms with Crippen molar-refractivity contribution in [2.75, 3.05) is 0 Å². The Morgan fingerprint density at radius 3 is 2.36 bits per heavy atom. The molecule has 2 aromatic heterocycles. The quantitative estimate of drug-likeness (QED) is 0.278. The molecule has 174 valence electrons. The molecule has 6 rings (SSSR count). The van der Waals surface area contributed by atoms with Crippen LogP contribution in [0.1, 0.15) is 24.0 Å². The molecular weight excluding hydrogens is 444 g/mol. The first kappa shape index (κ1) is 21.8. The molecule has 0 fully saturated rings. The summed E-state index contributed by atoms with van der Waals surface area (Å²) in [5, 5.41) is 10.9. The fourth-order valence-corrected chi connectivity index (χ4v) is 4.74. The van der Waals surface area contributed by atoms with Crippen LogP contribution in [0.5, 0.6) is 5.75 Å². The number of rotatable bonds is 5. The Balaban J connectivity index is 1.48. The van der Waals surface area contributed by atoms with Crippen LogP contribution in [0.3, 0.4) is 0 Å². The lowest BCUT2D eigenvalue weighted by Gasteiger charge is -2.16. The predicted molar refractivity (Wildman–Crippen MR) is 144 cm³/mol. The monoisotopic (exact) mass is 468 g/mol. The molecule has 0 amide bonds. The largest absolute Gasteiger partial charge is 0.507 e. The summed E-state index contributed by atoms with van der Waals surface area (Å²) >= 11 is 0. The second kappa shape index (κ2) is 9.16. The van der Waals surface area contributed by atoms with Gasteiger partial charge in [-0.15, -0.1) is 0 Å². The number of phenols is 1. The molecule has 1 unspecified atom stereocenters. The summed E-state index contributed by atoms with van der Waals surface area (Å²) in [7, 11) is 0. The fraction of sp³-hybridized carbons (Fsp3) is 0.0625. The minimum absolute atomic E-state index is 0.0536. The summed E-state index contributed by atoms with van der Waals surface area (Å²) in [6, 6.07) is 35.9. The topological polar surface area (TPSA) is 59.2 Å². The van der Waals surface area contributed by atoms with Gasteiger partial charge >= 0.3 is 0 Å². The number of hydrogen-bond donors (Lipinski definition) is 1. The Morgan fingerprint density at radius 2 is 1.53 bits per heavy atom. The van der Waals surface area contributed by atoms with Gasteiger partial charge in [-0.05, 0) is 47.0 Å². The molecule has 0 aliphatic heterocycles. The van der Waals surface area contributed by atoms with Gasteiger partial charge in [0.1, 0.15) is 11.3 Å². The number of para-hydroxylation sites is 1. The van der Waals surface area contributed by atoms with Crippen molar-refractivity contribution in [3.05, 3.63) is 127 Å². The lowest BCUT2D eigenvalue weighted by molar-refractivity contribution is 0.473. The van der Waals surface area contributed by atoms with Gasteiger partial charge in [-0.3, -0.25) is 4.98 Å². The van der Waals surface area contributed by atoms with Crippen molar-refractivity contribution in [1.29, 1.82) is 0 Å². The van der Waals surface area contributed by atoms with Gasteiger partial charge in [-0.2, -0.15) is 0 Å². The van der Waals surface area contributed by atoms with Gasteiger partial charge < -0.3 is 9.52 Å². The minimum Gasteiger partial charge on any atom is -0.507 e. The molecule has 4 nitrogen and oxygen atoms in total. The van der Waals surface area contributed by atoms with E-state index in [4.69, 9.17) is 9.40 Å². The standard InChI is InChI=1S/C32H24N2O2/c1-21(22-10-3-2-4-11-22)25-14-8-17-28(35)30(25)32-34-31-26(15-9-18-29(31)36-32)23-12-7-13-24(20-23)27-16-5-6-19-33-27/h2-21,35H,1H3. The average Bonchev–Trinajstić information content (AvgIpc) is 3.37. The molecule has 1 N–H and O–H groups in total. The molecule has 0 saturated heterocycles. The Bertz CT molecular complexity index is 1660. The van der Waals surface area contributed by atoms with Crippen LogP contribution in [-0.2, 0) is 0 Å². The molecule has 2 heterocycles. The van der Waals surface area contributed by atoms with E-state index in [1.54, 1.807) is 12.3 Å². The smallest absolute Gasteiger partial charge is 0.231 e. The number of benzene rings is 4. The molecule has 0 bridgehead atoms. The van der Waals surface area contributed by atoms with E-state index in [0.29, 0.717) is 17.0 Å². The summed E-state index contributed by atoms with van der Waals surface area (Å²) < 4.78 is 6.26. The minimum atomic E-state index is 0.0536. The second-order valence-corrected chi connectivity index (χ2v) is 8.84. The second-order valence-electron chi connectivity index (χ2n) is 8.84. The highest BCUT2D eigenvalue weighted by Gasteiger charge is 2.22. The van der Waals surface area contributed by atoms with Gasteiger partial charge in [0.2, 0.25) is 5.89 Å². The molecule has 36 heavy (non-hydrogen) atoms. The van der Waals surface area contributed by atoms with Crippen LogP contribution < -0.4 is 0 Å². The van der Waals surface area contributed by atoms with Crippen LogP contribution in [0, 0.1) is 0 Å². The number of phenolic OH excluding ortho intramolecular Hbond substituents is 1. The zero-order chi connectivity index (χ0) is 24.5. The Kier molecular flexibility index (Phi) is 5.55. The highest BCUT2D eigenvalue weighted by Crippen LogP contribution is 2.41. The number of aromatic hydroxyl groups is 1. The van der Waals surface area contributed by atoms with Crippen molar-refractivity contribution in [2.45, 2.75) is 12.8 Å². The zero-order valence-corrected chi connectivity index (χ0v) is 19.8. The van der Waals surface area contributed by atoms with E-state index < -0.39 is 0 Å². The van der Waals surface area contributed by atoms with Crippen molar-refractivity contribution >= 4 is 11.1 Å². The maximum absolute atomic E-state index is 10.9. The van der Waals surface area contributed by atoms with Crippen molar-refractivity contribution < 1.29 is 9.52 Å². The molecule has 0 radical (unpaired) electrons. The van der Waals surface area contributed by atoms with Crippen molar-refractivity contribution in [3.8, 4) is 39.6 Å². The van der Waals surface area contributed by atoms with E-state index in [2.05, 4.69) is 42.2 Å². The van der Waals surface area contributed by atoms with E-state index in [1.807, 2.05) is 72.8 Å². The van der Waals surface area contributed by atoms with Crippen LogP contribution in [0.2, 0.25) is 0 Å². The van der Waals surface area contributed by atoms with Gasteiger partial charge in [-0.1, -0.05) is 85.8 Å². The van der Waals surface area contributed by atoms with Gasteiger partial charge in [0.25, 0.3) is 0 Å². The summed E-state index contributed by atoms with van der Waals surface area (Å²) in [5.74, 6) is 0.618. The Hall–Kier alpha value is -4.70. The first-order valence-electron chi connectivity index (χ1n) is 12.0. The van der Waals surface area contributed by atoms with Crippen LogP contribution >= 0.6 is 0 Å². The number of pyridine rings is 1. The van der Waals surface area contributed by atoms with E-state index in [0.717, 1.165) is 39.0 Å². The molecule has 1 atom stereocenters.